The molecule has 0 amide bonds. The monoisotopic (exact) mass is 360 g/mol. The third-order valence-electron chi connectivity index (χ3n) is 4.47. The van der Waals surface area contributed by atoms with Gasteiger partial charge in [0.2, 0.25) is 0 Å². The largest absolute Gasteiger partial charge is 0.457 e. The molecular formula is C19H20O7. The highest BCUT2D eigenvalue weighted by atomic mass is 16.6. The van der Waals surface area contributed by atoms with Crippen LogP contribution >= 0.6 is 0 Å². The molecule has 2 aliphatic heterocycles. The second-order valence-corrected chi connectivity index (χ2v) is 6.69. The van der Waals surface area contributed by atoms with Gasteiger partial charge in [-0.1, -0.05) is 12.2 Å². The first-order chi connectivity index (χ1) is 12.3. The molecule has 0 aromatic rings. The van der Waals surface area contributed by atoms with Gasteiger partial charge >= 0.3 is 17.9 Å². The van der Waals surface area contributed by atoms with Crippen LogP contribution in [0.15, 0.2) is 46.6 Å². The van der Waals surface area contributed by atoms with E-state index >= 15 is 0 Å². The van der Waals surface area contributed by atoms with Crippen LogP contribution in [0.4, 0.5) is 0 Å². The molecule has 3 rings (SSSR count). The van der Waals surface area contributed by atoms with E-state index in [1.54, 1.807) is 12.2 Å². The highest BCUT2D eigenvalue weighted by molar-refractivity contribution is 5.95. The Morgan fingerprint density at radius 3 is 2.69 bits per heavy atom. The van der Waals surface area contributed by atoms with Gasteiger partial charge in [-0.25, -0.2) is 14.4 Å². The first-order valence-electron chi connectivity index (χ1n) is 8.30. The lowest BCUT2D eigenvalue weighted by molar-refractivity contribution is -0.142. The summed E-state index contributed by atoms with van der Waals surface area (Å²) in [5, 5.41) is 10.7. The Morgan fingerprint density at radius 2 is 2.00 bits per heavy atom. The predicted molar refractivity (Wildman–Crippen MR) is 89.6 cm³/mol. The van der Waals surface area contributed by atoms with Crippen molar-refractivity contribution in [3.8, 4) is 0 Å². The standard InChI is InChI=1S/C19H20O7/c1-9(2)17(21)24-8-13-16-14(20)7-11-6-12(25-18(11)22)4-10(3)5-15(16)26-19(13)23/h5-6,12,14-15,20H,1,4,7-8H2,2-3H3/b10-5+/t12-,14+,15-/m1/s1. The zero-order valence-electron chi connectivity index (χ0n) is 14.6. The summed E-state index contributed by atoms with van der Waals surface area (Å²) < 4.78 is 15.7. The van der Waals surface area contributed by atoms with Gasteiger partial charge in [0.1, 0.15) is 18.8 Å². The maximum atomic E-state index is 12.3. The number of ether oxygens (including phenoxy) is 3. The number of aliphatic hydroxyl groups is 1. The number of aliphatic hydroxyl groups excluding tert-OH is 1. The third kappa shape index (κ3) is 3.48. The van der Waals surface area contributed by atoms with E-state index in [2.05, 4.69) is 6.58 Å². The molecule has 3 aliphatic rings. The fourth-order valence-electron chi connectivity index (χ4n) is 3.21. The number of hydrogen-bond acceptors (Lipinski definition) is 7. The van der Waals surface area contributed by atoms with Crippen molar-refractivity contribution in [1.82, 2.24) is 0 Å². The number of esters is 3. The molecule has 7 heteroatoms. The summed E-state index contributed by atoms with van der Waals surface area (Å²) in [6, 6.07) is 0. The molecule has 0 spiro atoms. The van der Waals surface area contributed by atoms with Crippen molar-refractivity contribution < 1.29 is 33.7 Å². The average Bonchev–Trinajstić information content (AvgIpc) is 3.03. The van der Waals surface area contributed by atoms with E-state index in [0.29, 0.717) is 17.6 Å². The molecule has 0 unspecified atom stereocenters. The Morgan fingerprint density at radius 1 is 1.27 bits per heavy atom. The fourth-order valence-corrected chi connectivity index (χ4v) is 3.21. The van der Waals surface area contributed by atoms with E-state index in [4.69, 9.17) is 14.2 Å². The molecule has 0 saturated heterocycles. The predicted octanol–water partition coefficient (Wildman–Crippen LogP) is 1.28. The summed E-state index contributed by atoms with van der Waals surface area (Å²) in [4.78, 5) is 35.8. The highest BCUT2D eigenvalue weighted by Gasteiger charge is 2.40. The van der Waals surface area contributed by atoms with Crippen LogP contribution in [-0.2, 0) is 28.6 Å². The summed E-state index contributed by atoms with van der Waals surface area (Å²) in [6.07, 6.45) is 1.63. The van der Waals surface area contributed by atoms with Gasteiger partial charge < -0.3 is 19.3 Å². The minimum Gasteiger partial charge on any atom is -0.457 e. The van der Waals surface area contributed by atoms with Gasteiger partial charge in [0, 0.05) is 29.6 Å². The number of hydrogen-bond donors (Lipinski definition) is 1. The second kappa shape index (κ2) is 6.92. The van der Waals surface area contributed by atoms with Crippen molar-refractivity contribution in [2.24, 2.45) is 0 Å². The summed E-state index contributed by atoms with van der Waals surface area (Å²) in [5.41, 5.74) is 1.81. The Hall–Kier alpha value is -2.67. The number of fused-ring (bicyclic) bond motifs is 2. The van der Waals surface area contributed by atoms with Crippen LogP contribution in [0.25, 0.3) is 0 Å². The number of carbonyl (C=O) groups is 3. The fraction of sp³-hybridized carbons (Fsp3) is 0.421. The van der Waals surface area contributed by atoms with Crippen molar-refractivity contribution in [3.63, 3.8) is 0 Å². The first kappa shape index (κ1) is 18.1. The molecule has 7 nitrogen and oxygen atoms in total. The van der Waals surface area contributed by atoms with E-state index in [1.165, 1.54) is 6.92 Å². The maximum Gasteiger partial charge on any atom is 0.338 e. The zero-order valence-corrected chi connectivity index (χ0v) is 14.6. The normalized spacial score (nSPS) is 29.9. The van der Waals surface area contributed by atoms with Crippen LogP contribution in [0.3, 0.4) is 0 Å². The van der Waals surface area contributed by atoms with E-state index in [1.807, 2.05) is 6.92 Å². The van der Waals surface area contributed by atoms with Gasteiger partial charge in [-0.2, -0.15) is 0 Å². The summed E-state index contributed by atoms with van der Waals surface area (Å²) in [6.45, 7) is 6.48. The molecule has 26 heavy (non-hydrogen) atoms. The van der Waals surface area contributed by atoms with Crippen molar-refractivity contribution in [2.75, 3.05) is 6.61 Å². The van der Waals surface area contributed by atoms with Gasteiger partial charge in [-0.05, 0) is 26.0 Å². The third-order valence-corrected chi connectivity index (χ3v) is 4.47. The van der Waals surface area contributed by atoms with E-state index in [9.17, 15) is 19.5 Å². The molecule has 1 N–H and O–H groups in total. The van der Waals surface area contributed by atoms with Gasteiger partial charge in [0.25, 0.3) is 0 Å². The first-order valence-corrected chi connectivity index (χ1v) is 8.30. The Bertz CT molecular complexity index is 784. The Kier molecular flexibility index (Phi) is 4.82. The zero-order chi connectivity index (χ0) is 19.0. The molecule has 0 fully saturated rings. The number of rotatable bonds is 3. The van der Waals surface area contributed by atoms with Crippen LogP contribution in [0, 0.1) is 0 Å². The molecule has 3 atom stereocenters. The van der Waals surface area contributed by atoms with E-state index < -0.39 is 30.1 Å². The molecule has 2 heterocycles. The molecule has 2 bridgehead atoms. The Labute approximate surface area is 150 Å². The maximum absolute atomic E-state index is 12.3. The quantitative estimate of drug-likeness (QED) is 0.350. The minimum atomic E-state index is -1.13. The van der Waals surface area contributed by atoms with Crippen molar-refractivity contribution in [1.29, 1.82) is 0 Å². The second-order valence-electron chi connectivity index (χ2n) is 6.69. The van der Waals surface area contributed by atoms with Crippen molar-refractivity contribution >= 4 is 17.9 Å². The van der Waals surface area contributed by atoms with Crippen LogP contribution in [0.2, 0.25) is 0 Å². The molecule has 0 saturated carbocycles. The lowest BCUT2D eigenvalue weighted by Gasteiger charge is -2.18. The topological polar surface area (TPSA) is 99.1 Å². The lowest BCUT2D eigenvalue weighted by atomic mass is 9.91. The van der Waals surface area contributed by atoms with Gasteiger partial charge in [0.15, 0.2) is 0 Å². The van der Waals surface area contributed by atoms with E-state index in [0.717, 1.165) is 5.57 Å². The molecular weight excluding hydrogens is 340 g/mol. The van der Waals surface area contributed by atoms with Crippen LogP contribution < -0.4 is 0 Å². The molecule has 0 aromatic carbocycles. The van der Waals surface area contributed by atoms with Gasteiger partial charge in [0.05, 0.1) is 11.7 Å². The highest BCUT2D eigenvalue weighted by Crippen LogP contribution is 2.34. The van der Waals surface area contributed by atoms with Gasteiger partial charge in [-0.15, -0.1) is 0 Å². The average molecular weight is 360 g/mol. The minimum absolute atomic E-state index is 0.00261. The van der Waals surface area contributed by atoms with Gasteiger partial charge in [-0.3, -0.25) is 0 Å². The van der Waals surface area contributed by atoms with Crippen LogP contribution in [0.1, 0.15) is 26.7 Å². The van der Waals surface area contributed by atoms with Crippen LogP contribution in [0.5, 0.6) is 0 Å². The SMILES string of the molecule is C=C(C)C(=O)OCC1=C2[C@@H](O)CC3=C[C@@H](C/C(C)=C/[C@H]2OC1=O)OC3=O. The van der Waals surface area contributed by atoms with Crippen molar-refractivity contribution in [3.05, 3.63) is 46.6 Å². The molecule has 1 aliphatic carbocycles. The molecule has 0 radical (unpaired) electrons. The van der Waals surface area contributed by atoms with E-state index in [-0.39, 0.29) is 30.3 Å². The van der Waals surface area contributed by atoms with Crippen molar-refractivity contribution in [2.45, 2.75) is 45.0 Å². The summed E-state index contributed by atoms with van der Waals surface area (Å²) >= 11 is 0. The smallest absolute Gasteiger partial charge is 0.338 e. The molecule has 0 aromatic heterocycles. The molecule has 138 valence electrons. The number of carbonyl (C=O) groups excluding carboxylic acids is 3. The summed E-state index contributed by atoms with van der Waals surface area (Å²) in [7, 11) is 0. The lowest BCUT2D eigenvalue weighted by Crippen LogP contribution is -2.22. The van der Waals surface area contributed by atoms with Crippen LogP contribution in [-0.4, -0.2) is 47.9 Å². The summed E-state index contributed by atoms with van der Waals surface area (Å²) in [5.74, 6) is -1.76. The Balaban J connectivity index is 1.95.